The van der Waals surface area contributed by atoms with Gasteiger partial charge in [-0.15, -0.1) is 0 Å². The van der Waals surface area contributed by atoms with E-state index in [1.54, 1.807) is 6.08 Å². The van der Waals surface area contributed by atoms with Crippen LogP contribution in [0.4, 0.5) is 0 Å². The molecule has 1 unspecified atom stereocenters. The van der Waals surface area contributed by atoms with Crippen LogP contribution in [-0.2, 0) is 4.79 Å². The lowest BCUT2D eigenvalue weighted by molar-refractivity contribution is -0.116. The number of carbonyl (C=O) groups is 1. The van der Waals surface area contributed by atoms with E-state index in [4.69, 9.17) is 0 Å². The van der Waals surface area contributed by atoms with Gasteiger partial charge in [-0.25, -0.2) is 0 Å². The lowest BCUT2D eigenvalue weighted by Gasteiger charge is -2.16. The average Bonchev–Trinajstić information content (AvgIpc) is 2.28. The second-order valence-corrected chi connectivity index (χ2v) is 3.36. The second-order valence-electron chi connectivity index (χ2n) is 2.65. The largest absolute Gasteiger partial charge is 0.385 e. The fraction of sp³-hybridized carbons (Fsp3) is 0.375. The summed E-state index contributed by atoms with van der Waals surface area (Å²) in [5, 5.41) is 9.63. The predicted octanol–water partition coefficient (Wildman–Crippen LogP) is 1.59. The molecule has 1 aliphatic carbocycles. The normalized spacial score (nSPS) is 30.5. The zero-order valence-electron chi connectivity index (χ0n) is 5.96. The molecule has 1 atom stereocenters. The van der Waals surface area contributed by atoms with Crippen molar-refractivity contribution < 1.29 is 9.90 Å². The van der Waals surface area contributed by atoms with Gasteiger partial charge < -0.3 is 5.11 Å². The molecular formula is C8H9IO2. The summed E-state index contributed by atoms with van der Waals surface area (Å²) in [6, 6.07) is 0. The monoisotopic (exact) mass is 264 g/mol. The quantitative estimate of drug-likeness (QED) is 0.769. The highest BCUT2D eigenvalue weighted by atomic mass is 127. The van der Waals surface area contributed by atoms with Gasteiger partial charge in [-0.1, -0.05) is 28.7 Å². The third-order valence-electron chi connectivity index (χ3n) is 1.62. The Bertz CT molecular complexity index is 220. The smallest absolute Gasteiger partial charge is 0.158 e. The zero-order valence-corrected chi connectivity index (χ0v) is 8.11. The fourth-order valence-electron chi connectivity index (χ4n) is 1.06. The summed E-state index contributed by atoms with van der Waals surface area (Å²) < 4.78 is 1.84. The molecule has 0 saturated carbocycles. The Morgan fingerprint density at radius 3 is 3.00 bits per heavy atom. The third kappa shape index (κ3) is 2.41. The fourth-order valence-corrected chi connectivity index (χ4v) is 1.31. The molecule has 0 aromatic rings. The molecule has 0 saturated heterocycles. The van der Waals surface area contributed by atoms with E-state index in [0.29, 0.717) is 6.42 Å². The van der Waals surface area contributed by atoms with E-state index in [-0.39, 0.29) is 12.2 Å². The van der Waals surface area contributed by atoms with Crippen molar-refractivity contribution >= 4 is 28.4 Å². The molecule has 11 heavy (non-hydrogen) atoms. The van der Waals surface area contributed by atoms with Gasteiger partial charge in [0.25, 0.3) is 0 Å². The highest BCUT2D eigenvalue weighted by Gasteiger charge is 2.29. The number of hydrogen-bond donors (Lipinski definition) is 1. The summed E-state index contributed by atoms with van der Waals surface area (Å²) >= 11 is 2.09. The van der Waals surface area contributed by atoms with Crippen LogP contribution in [0.1, 0.15) is 12.8 Å². The molecule has 0 amide bonds. The molecule has 1 rings (SSSR count). The first-order valence-corrected chi connectivity index (χ1v) is 4.60. The maximum atomic E-state index is 10.7. The van der Waals surface area contributed by atoms with Crippen molar-refractivity contribution in [1.82, 2.24) is 0 Å². The lowest BCUT2D eigenvalue weighted by Crippen LogP contribution is -2.23. The molecule has 0 fully saturated rings. The van der Waals surface area contributed by atoms with Crippen LogP contribution in [0.5, 0.6) is 0 Å². The number of rotatable bonds is 2. The predicted molar refractivity (Wildman–Crippen MR) is 51.5 cm³/mol. The Hall–Kier alpha value is -0.160. The van der Waals surface area contributed by atoms with Gasteiger partial charge in [0, 0.05) is 6.42 Å². The van der Waals surface area contributed by atoms with Crippen LogP contribution in [0.15, 0.2) is 22.3 Å². The molecule has 0 aromatic heterocycles. The average molecular weight is 264 g/mol. The van der Waals surface area contributed by atoms with Gasteiger partial charge in [-0.05, 0) is 22.7 Å². The summed E-state index contributed by atoms with van der Waals surface area (Å²) in [6.45, 7) is 0. The van der Waals surface area contributed by atoms with Crippen molar-refractivity contribution in [2.24, 2.45) is 0 Å². The number of aliphatic hydroxyl groups is 1. The Morgan fingerprint density at radius 2 is 2.55 bits per heavy atom. The molecule has 0 bridgehead atoms. The van der Waals surface area contributed by atoms with Crippen LogP contribution < -0.4 is 0 Å². The van der Waals surface area contributed by atoms with E-state index in [0.717, 1.165) is 0 Å². The summed E-state index contributed by atoms with van der Waals surface area (Å²) in [5.41, 5.74) is -0.904. The van der Waals surface area contributed by atoms with Crippen molar-refractivity contribution in [3.8, 4) is 0 Å². The molecule has 0 aliphatic heterocycles. The number of allylic oxidation sites excluding steroid dienone is 1. The molecule has 3 heteroatoms. The Balaban J connectivity index is 2.56. The molecule has 0 radical (unpaired) electrons. The van der Waals surface area contributed by atoms with Crippen LogP contribution in [0, 0.1) is 0 Å². The van der Waals surface area contributed by atoms with Gasteiger partial charge in [0.05, 0.1) is 5.60 Å². The topological polar surface area (TPSA) is 37.3 Å². The van der Waals surface area contributed by atoms with Crippen LogP contribution in [0.25, 0.3) is 0 Å². The minimum atomic E-state index is -0.904. The van der Waals surface area contributed by atoms with Gasteiger partial charge in [-0.2, -0.15) is 0 Å². The van der Waals surface area contributed by atoms with Crippen molar-refractivity contribution in [1.29, 1.82) is 0 Å². The summed E-state index contributed by atoms with van der Waals surface area (Å²) in [7, 11) is 0. The summed E-state index contributed by atoms with van der Waals surface area (Å²) in [5.74, 6) is 0.00866. The SMILES string of the molecule is O=C1C=CC(O)(CC=CI)C1. The molecule has 1 N–H and O–H groups in total. The first-order chi connectivity index (χ1) is 5.16. The molecule has 0 heterocycles. The standard InChI is InChI=1S/C8H9IO2/c9-5-1-3-8(11)4-2-7(10)6-8/h1-2,4-5,11H,3,6H2. The van der Waals surface area contributed by atoms with Crippen molar-refractivity contribution in [2.75, 3.05) is 0 Å². The van der Waals surface area contributed by atoms with Gasteiger partial charge >= 0.3 is 0 Å². The molecule has 0 spiro atoms. The van der Waals surface area contributed by atoms with Crippen molar-refractivity contribution in [3.63, 3.8) is 0 Å². The Morgan fingerprint density at radius 1 is 1.82 bits per heavy atom. The van der Waals surface area contributed by atoms with Gasteiger partial charge in [-0.3, -0.25) is 4.79 Å². The molecule has 1 aliphatic rings. The highest BCUT2D eigenvalue weighted by Crippen LogP contribution is 2.24. The van der Waals surface area contributed by atoms with Gasteiger partial charge in [0.2, 0.25) is 0 Å². The highest BCUT2D eigenvalue weighted by molar-refractivity contribution is 14.1. The first kappa shape index (κ1) is 8.93. The number of carbonyl (C=O) groups excluding carboxylic acids is 1. The van der Waals surface area contributed by atoms with E-state index in [1.165, 1.54) is 6.08 Å². The zero-order chi connectivity index (χ0) is 8.32. The van der Waals surface area contributed by atoms with Crippen molar-refractivity contribution in [3.05, 3.63) is 22.3 Å². The minimum absolute atomic E-state index is 0.00866. The third-order valence-corrected chi connectivity index (χ3v) is 2.13. The minimum Gasteiger partial charge on any atom is -0.385 e. The molecular weight excluding hydrogens is 255 g/mol. The van der Waals surface area contributed by atoms with Crippen LogP contribution in [0.2, 0.25) is 0 Å². The van der Waals surface area contributed by atoms with Crippen LogP contribution in [-0.4, -0.2) is 16.5 Å². The summed E-state index contributed by atoms with van der Waals surface area (Å²) in [6.07, 6.45) is 5.63. The van der Waals surface area contributed by atoms with Crippen molar-refractivity contribution in [2.45, 2.75) is 18.4 Å². The van der Waals surface area contributed by atoms with E-state index in [9.17, 15) is 9.90 Å². The van der Waals surface area contributed by atoms with E-state index in [1.807, 2.05) is 10.2 Å². The van der Waals surface area contributed by atoms with E-state index >= 15 is 0 Å². The number of halogens is 1. The number of hydrogen-bond acceptors (Lipinski definition) is 2. The van der Waals surface area contributed by atoms with Gasteiger partial charge in [0.15, 0.2) is 5.78 Å². The van der Waals surface area contributed by atoms with Gasteiger partial charge in [0.1, 0.15) is 0 Å². The summed E-state index contributed by atoms with van der Waals surface area (Å²) in [4.78, 5) is 10.7. The molecule has 0 aromatic carbocycles. The van der Waals surface area contributed by atoms with Crippen LogP contribution in [0.3, 0.4) is 0 Å². The second kappa shape index (κ2) is 3.49. The van der Waals surface area contributed by atoms with E-state index < -0.39 is 5.60 Å². The molecule has 2 nitrogen and oxygen atoms in total. The number of ketones is 1. The Kier molecular flexibility index (Phi) is 2.84. The first-order valence-electron chi connectivity index (χ1n) is 3.36. The van der Waals surface area contributed by atoms with E-state index in [2.05, 4.69) is 22.6 Å². The maximum absolute atomic E-state index is 10.7. The molecule has 60 valence electrons. The Labute approximate surface area is 79.1 Å². The lowest BCUT2D eigenvalue weighted by atomic mass is 9.99. The maximum Gasteiger partial charge on any atom is 0.158 e. The van der Waals surface area contributed by atoms with Crippen LogP contribution >= 0.6 is 22.6 Å².